The van der Waals surface area contributed by atoms with Gasteiger partial charge in [0.25, 0.3) is 5.91 Å². The van der Waals surface area contributed by atoms with E-state index in [1.807, 2.05) is 37.3 Å². The fraction of sp³-hybridized carbons (Fsp3) is 0.350. The lowest BCUT2D eigenvalue weighted by molar-refractivity contribution is 0.0730. The van der Waals surface area contributed by atoms with Gasteiger partial charge in [0.15, 0.2) is 0 Å². The van der Waals surface area contributed by atoms with E-state index in [1.54, 1.807) is 19.1 Å². The number of nitrogens with one attached hydrogen (secondary N) is 1. The van der Waals surface area contributed by atoms with E-state index in [1.165, 1.54) is 10.4 Å². The summed E-state index contributed by atoms with van der Waals surface area (Å²) in [6, 6.07) is 14.1. The van der Waals surface area contributed by atoms with Crippen molar-refractivity contribution in [1.82, 2.24) is 9.62 Å². The number of carbonyl (C=O) groups is 1. The van der Waals surface area contributed by atoms with E-state index >= 15 is 0 Å². The first-order valence-electron chi connectivity index (χ1n) is 8.94. The molecule has 1 aliphatic heterocycles. The van der Waals surface area contributed by atoms with Crippen molar-refractivity contribution in [2.45, 2.75) is 24.8 Å². The molecule has 1 saturated heterocycles. The van der Waals surface area contributed by atoms with Crippen LogP contribution in [0, 0.1) is 6.92 Å². The Bertz CT molecular complexity index is 907. The zero-order valence-corrected chi connectivity index (χ0v) is 16.3. The van der Waals surface area contributed by atoms with Crippen molar-refractivity contribution in [3.63, 3.8) is 0 Å². The van der Waals surface area contributed by atoms with Crippen LogP contribution in [0.25, 0.3) is 0 Å². The van der Waals surface area contributed by atoms with Crippen LogP contribution in [0.2, 0.25) is 0 Å². The van der Waals surface area contributed by atoms with Gasteiger partial charge in [0, 0.05) is 18.7 Å². The van der Waals surface area contributed by atoms with Crippen LogP contribution in [0.5, 0.6) is 0 Å². The number of rotatable bonds is 5. The van der Waals surface area contributed by atoms with Gasteiger partial charge >= 0.3 is 0 Å². The number of nitrogens with zero attached hydrogens (tertiary/aromatic N) is 1. The summed E-state index contributed by atoms with van der Waals surface area (Å²) in [6.07, 6.45) is 0. The van der Waals surface area contributed by atoms with Crippen molar-refractivity contribution in [3.8, 4) is 0 Å². The molecule has 2 aromatic rings. The van der Waals surface area contributed by atoms with Gasteiger partial charge < -0.3 is 10.1 Å². The number of ether oxygens (including phenoxy) is 1. The van der Waals surface area contributed by atoms with Gasteiger partial charge in [-0.15, -0.1) is 0 Å². The molecule has 1 heterocycles. The molecule has 2 aromatic carbocycles. The average molecular weight is 388 g/mol. The van der Waals surface area contributed by atoms with Crippen LogP contribution < -0.4 is 5.32 Å². The van der Waals surface area contributed by atoms with Crippen molar-refractivity contribution < 1.29 is 17.9 Å². The van der Waals surface area contributed by atoms with Crippen LogP contribution >= 0.6 is 0 Å². The van der Waals surface area contributed by atoms with Crippen LogP contribution in [-0.4, -0.2) is 44.9 Å². The maximum Gasteiger partial charge on any atom is 0.252 e. The molecule has 0 aromatic heterocycles. The van der Waals surface area contributed by atoms with E-state index < -0.39 is 10.0 Å². The number of aryl methyl sites for hydroxylation is 1. The number of carbonyl (C=O) groups excluding carboxylic acids is 1. The predicted molar refractivity (Wildman–Crippen MR) is 103 cm³/mol. The molecule has 27 heavy (non-hydrogen) atoms. The summed E-state index contributed by atoms with van der Waals surface area (Å²) in [5.74, 6) is -0.289. The lowest BCUT2D eigenvalue weighted by Crippen LogP contribution is -2.40. The lowest BCUT2D eigenvalue weighted by Gasteiger charge is -2.26. The molecule has 1 aliphatic rings. The maximum atomic E-state index is 12.9. The third kappa shape index (κ3) is 4.37. The summed E-state index contributed by atoms with van der Waals surface area (Å²) < 4.78 is 32.3. The van der Waals surface area contributed by atoms with Crippen molar-refractivity contribution in [3.05, 3.63) is 65.2 Å². The molecule has 1 amide bonds. The highest BCUT2D eigenvalue weighted by Gasteiger charge is 2.27. The van der Waals surface area contributed by atoms with Crippen LogP contribution in [0.1, 0.15) is 34.5 Å². The zero-order chi connectivity index (χ0) is 19.4. The number of amides is 1. The molecule has 0 bridgehead atoms. The molecule has 0 saturated carbocycles. The van der Waals surface area contributed by atoms with Gasteiger partial charge in [-0.2, -0.15) is 4.31 Å². The average Bonchev–Trinajstić information content (AvgIpc) is 2.69. The maximum absolute atomic E-state index is 12.9. The summed E-state index contributed by atoms with van der Waals surface area (Å²) in [4.78, 5) is 12.9. The first kappa shape index (κ1) is 19.5. The highest BCUT2D eigenvalue weighted by atomic mass is 32.2. The number of hydrogen-bond acceptors (Lipinski definition) is 4. The minimum Gasteiger partial charge on any atom is -0.379 e. The van der Waals surface area contributed by atoms with Crippen molar-refractivity contribution in [2.24, 2.45) is 0 Å². The van der Waals surface area contributed by atoms with Crippen LogP contribution in [0.3, 0.4) is 0 Å². The van der Waals surface area contributed by atoms with Gasteiger partial charge in [-0.05, 0) is 37.1 Å². The molecule has 0 unspecified atom stereocenters. The molecule has 1 fully saturated rings. The van der Waals surface area contributed by atoms with Gasteiger partial charge in [-0.1, -0.05) is 36.4 Å². The molecule has 7 heteroatoms. The zero-order valence-electron chi connectivity index (χ0n) is 15.5. The van der Waals surface area contributed by atoms with Crippen LogP contribution in [0.4, 0.5) is 0 Å². The molecule has 0 aliphatic carbocycles. The Morgan fingerprint density at radius 1 is 1.11 bits per heavy atom. The third-order valence-corrected chi connectivity index (χ3v) is 6.60. The molecule has 6 nitrogen and oxygen atoms in total. The first-order chi connectivity index (χ1) is 12.9. The minimum atomic E-state index is -3.64. The largest absolute Gasteiger partial charge is 0.379 e. The normalized spacial score (nSPS) is 16.7. The fourth-order valence-electron chi connectivity index (χ4n) is 3.04. The van der Waals surface area contributed by atoms with E-state index in [2.05, 4.69) is 5.32 Å². The van der Waals surface area contributed by atoms with E-state index in [0.29, 0.717) is 31.9 Å². The standard InChI is InChI=1S/C20H24N2O4S/c1-15-8-9-18(27(24,25)22-10-12-26-13-11-22)14-19(15)20(23)21-16(2)17-6-4-3-5-7-17/h3-9,14,16H,10-13H2,1-2H3,(H,21,23)/t16-/m0/s1. The van der Waals surface area contributed by atoms with Crippen molar-refractivity contribution >= 4 is 15.9 Å². The Morgan fingerprint density at radius 3 is 2.44 bits per heavy atom. The third-order valence-electron chi connectivity index (χ3n) is 4.71. The molecule has 144 valence electrons. The number of morpholine rings is 1. The van der Waals surface area contributed by atoms with Crippen molar-refractivity contribution in [1.29, 1.82) is 0 Å². The van der Waals surface area contributed by atoms with Gasteiger partial charge in [-0.25, -0.2) is 8.42 Å². The first-order valence-corrected chi connectivity index (χ1v) is 10.4. The Kier molecular flexibility index (Phi) is 5.94. The Morgan fingerprint density at radius 2 is 1.78 bits per heavy atom. The molecule has 1 N–H and O–H groups in total. The van der Waals surface area contributed by atoms with Gasteiger partial charge in [0.1, 0.15) is 0 Å². The minimum absolute atomic E-state index is 0.132. The lowest BCUT2D eigenvalue weighted by atomic mass is 10.1. The van der Waals surface area contributed by atoms with Gasteiger partial charge in [-0.3, -0.25) is 4.79 Å². The summed E-state index contributed by atoms with van der Waals surface area (Å²) in [5.41, 5.74) is 2.08. The smallest absolute Gasteiger partial charge is 0.252 e. The van der Waals surface area contributed by atoms with Crippen LogP contribution in [-0.2, 0) is 14.8 Å². The molecule has 3 rings (SSSR count). The van der Waals surface area contributed by atoms with E-state index in [4.69, 9.17) is 4.74 Å². The Labute approximate surface area is 160 Å². The quantitative estimate of drug-likeness (QED) is 0.854. The van der Waals surface area contributed by atoms with Gasteiger partial charge in [0.2, 0.25) is 10.0 Å². The molecular formula is C20H24N2O4S. The Balaban J connectivity index is 1.83. The molecular weight excluding hydrogens is 364 g/mol. The van der Waals surface area contributed by atoms with Crippen molar-refractivity contribution in [2.75, 3.05) is 26.3 Å². The summed E-state index contributed by atoms with van der Waals surface area (Å²) in [7, 11) is -3.64. The molecule has 0 radical (unpaired) electrons. The van der Waals surface area contributed by atoms with E-state index in [0.717, 1.165) is 11.1 Å². The predicted octanol–water partition coefficient (Wildman–Crippen LogP) is 2.51. The fourth-order valence-corrected chi connectivity index (χ4v) is 4.48. The number of sulfonamides is 1. The monoisotopic (exact) mass is 388 g/mol. The second-order valence-electron chi connectivity index (χ2n) is 6.60. The molecule has 0 spiro atoms. The number of benzene rings is 2. The Hall–Kier alpha value is -2.22. The summed E-state index contributed by atoms with van der Waals surface area (Å²) >= 11 is 0. The molecule has 1 atom stereocenters. The highest BCUT2D eigenvalue weighted by Crippen LogP contribution is 2.21. The number of hydrogen-bond donors (Lipinski definition) is 1. The van der Waals surface area contributed by atoms with Crippen LogP contribution in [0.15, 0.2) is 53.4 Å². The van der Waals surface area contributed by atoms with E-state index in [-0.39, 0.29) is 16.8 Å². The highest BCUT2D eigenvalue weighted by molar-refractivity contribution is 7.89. The summed E-state index contributed by atoms with van der Waals surface area (Å²) in [6.45, 7) is 5.11. The topological polar surface area (TPSA) is 75.7 Å². The van der Waals surface area contributed by atoms with E-state index in [9.17, 15) is 13.2 Å². The van der Waals surface area contributed by atoms with Gasteiger partial charge in [0.05, 0.1) is 24.2 Å². The second kappa shape index (κ2) is 8.21. The summed E-state index contributed by atoms with van der Waals surface area (Å²) in [5, 5.41) is 2.94. The second-order valence-corrected chi connectivity index (χ2v) is 8.54. The SMILES string of the molecule is Cc1ccc(S(=O)(=O)N2CCOCC2)cc1C(=O)N[C@@H](C)c1ccccc1.